The quantitative estimate of drug-likeness (QED) is 0.912. The minimum Gasteiger partial charge on any atom is -0.489 e. The Hall–Kier alpha value is -1.39. The van der Waals surface area contributed by atoms with Crippen molar-refractivity contribution in [2.45, 2.75) is 19.6 Å². The van der Waals surface area contributed by atoms with Crippen molar-refractivity contribution in [3.63, 3.8) is 0 Å². The molecule has 0 spiro atoms. The van der Waals surface area contributed by atoms with Gasteiger partial charge in [-0.05, 0) is 42.8 Å². The van der Waals surface area contributed by atoms with Crippen LogP contribution in [0.1, 0.15) is 24.2 Å². The van der Waals surface area contributed by atoms with E-state index in [0.717, 1.165) is 10.0 Å². The summed E-state index contributed by atoms with van der Waals surface area (Å²) in [6.45, 7) is 1.94. The van der Waals surface area contributed by atoms with Gasteiger partial charge < -0.3 is 9.84 Å². The van der Waals surface area contributed by atoms with E-state index < -0.39 is 6.10 Å². The van der Waals surface area contributed by atoms with Crippen LogP contribution in [-0.4, -0.2) is 5.11 Å². The lowest BCUT2D eigenvalue weighted by molar-refractivity contribution is 0.190. The van der Waals surface area contributed by atoms with Gasteiger partial charge in [0.05, 0.1) is 6.10 Å². The van der Waals surface area contributed by atoms with Gasteiger partial charge in [0.1, 0.15) is 18.2 Å². The van der Waals surface area contributed by atoms with Gasteiger partial charge in [0, 0.05) is 10.0 Å². The summed E-state index contributed by atoms with van der Waals surface area (Å²) >= 11 is 3.35. The number of rotatable bonds is 4. The zero-order valence-electron chi connectivity index (χ0n) is 10.4. The lowest BCUT2D eigenvalue weighted by atomic mass is 10.1. The van der Waals surface area contributed by atoms with Crippen LogP contribution in [-0.2, 0) is 6.61 Å². The van der Waals surface area contributed by atoms with Gasteiger partial charge in [-0.3, -0.25) is 0 Å². The van der Waals surface area contributed by atoms with Gasteiger partial charge in [-0.15, -0.1) is 0 Å². The fraction of sp³-hybridized carbons (Fsp3) is 0.200. The molecule has 0 radical (unpaired) electrons. The summed E-state index contributed by atoms with van der Waals surface area (Å²) in [6.07, 6.45) is -0.625. The van der Waals surface area contributed by atoms with E-state index in [-0.39, 0.29) is 12.4 Å². The van der Waals surface area contributed by atoms with Gasteiger partial charge in [-0.1, -0.05) is 28.1 Å². The highest BCUT2D eigenvalue weighted by atomic mass is 79.9. The van der Waals surface area contributed by atoms with Gasteiger partial charge in [-0.2, -0.15) is 0 Å². The van der Waals surface area contributed by atoms with Crippen molar-refractivity contribution in [1.29, 1.82) is 0 Å². The Kier molecular flexibility index (Phi) is 4.56. The smallest absolute Gasteiger partial charge is 0.125 e. The lowest BCUT2D eigenvalue weighted by Crippen LogP contribution is -2.01. The molecule has 2 nitrogen and oxygen atoms in total. The van der Waals surface area contributed by atoms with Crippen LogP contribution in [0.5, 0.6) is 5.75 Å². The maximum absolute atomic E-state index is 13.1. The molecule has 0 aliphatic carbocycles. The second kappa shape index (κ2) is 6.17. The third-order valence-corrected chi connectivity index (χ3v) is 3.20. The van der Waals surface area contributed by atoms with Crippen LogP contribution in [0.2, 0.25) is 0 Å². The van der Waals surface area contributed by atoms with E-state index in [2.05, 4.69) is 15.9 Å². The van der Waals surface area contributed by atoms with E-state index in [0.29, 0.717) is 11.3 Å². The topological polar surface area (TPSA) is 29.5 Å². The van der Waals surface area contributed by atoms with E-state index in [4.69, 9.17) is 4.74 Å². The summed E-state index contributed by atoms with van der Waals surface area (Å²) in [5.41, 5.74) is 1.45. The molecule has 0 fully saturated rings. The second-order valence-electron chi connectivity index (χ2n) is 4.28. The van der Waals surface area contributed by atoms with Crippen molar-refractivity contribution in [1.82, 2.24) is 0 Å². The molecule has 19 heavy (non-hydrogen) atoms. The van der Waals surface area contributed by atoms with Gasteiger partial charge in [0.2, 0.25) is 0 Å². The summed E-state index contributed by atoms with van der Waals surface area (Å²) < 4.78 is 19.6. The second-order valence-corrected chi connectivity index (χ2v) is 5.19. The number of benzene rings is 2. The van der Waals surface area contributed by atoms with Gasteiger partial charge >= 0.3 is 0 Å². The van der Waals surface area contributed by atoms with Crippen molar-refractivity contribution in [3.8, 4) is 5.75 Å². The summed E-state index contributed by atoms with van der Waals surface area (Å²) in [7, 11) is 0. The minimum atomic E-state index is -0.625. The van der Waals surface area contributed by atoms with Crippen molar-refractivity contribution in [2.24, 2.45) is 0 Å². The van der Waals surface area contributed by atoms with Gasteiger partial charge in [0.25, 0.3) is 0 Å². The largest absolute Gasteiger partial charge is 0.489 e. The molecular formula is C15H14BrFO2. The van der Waals surface area contributed by atoms with Crippen LogP contribution >= 0.6 is 15.9 Å². The van der Waals surface area contributed by atoms with Crippen LogP contribution in [0.25, 0.3) is 0 Å². The van der Waals surface area contributed by atoms with Crippen molar-refractivity contribution >= 4 is 15.9 Å². The Morgan fingerprint density at radius 1 is 1.26 bits per heavy atom. The van der Waals surface area contributed by atoms with E-state index in [1.807, 2.05) is 12.1 Å². The van der Waals surface area contributed by atoms with Crippen molar-refractivity contribution < 1.29 is 14.2 Å². The predicted molar refractivity (Wildman–Crippen MR) is 75.5 cm³/mol. The third-order valence-electron chi connectivity index (χ3n) is 2.71. The number of halogens is 2. The monoisotopic (exact) mass is 324 g/mol. The maximum Gasteiger partial charge on any atom is 0.125 e. The molecule has 0 aliphatic rings. The van der Waals surface area contributed by atoms with E-state index in [9.17, 15) is 9.50 Å². The highest BCUT2D eigenvalue weighted by Gasteiger charge is 2.10. The molecule has 0 aromatic heterocycles. The highest BCUT2D eigenvalue weighted by molar-refractivity contribution is 9.10. The molecule has 1 N–H and O–H groups in total. The molecule has 0 amide bonds. The van der Waals surface area contributed by atoms with Crippen LogP contribution < -0.4 is 4.74 Å². The Balaban J connectivity index is 2.15. The molecule has 1 unspecified atom stereocenters. The first kappa shape index (κ1) is 14.0. The summed E-state index contributed by atoms with van der Waals surface area (Å²) in [4.78, 5) is 0. The average molecular weight is 325 g/mol. The van der Waals surface area contributed by atoms with Crippen molar-refractivity contribution in [2.75, 3.05) is 0 Å². The molecule has 0 heterocycles. The Morgan fingerprint density at radius 3 is 2.74 bits per heavy atom. The third kappa shape index (κ3) is 3.78. The predicted octanol–water partition coefficient (Wildman–Crippen LogP) is 4.22. The zero-order valence-corrected chi connectivity index (χ0v) is 12.0. The SMILES string of the molecule is CC(O)c1cc(Br)ccc1OCc1cccc(F)c1. The molecular weight excluding hydrogens is 311 g/mol. The fourth-order valence-corrected chi connectivity index (χ4v) is 2.14. The Labute approximate surface area is 120 Å². The zero-order chi connectivity index (χ0) is 13.8. The summed E-state index contributed by atoms with van der Waals surface area (Å²) in [6, 6.07) is 11.7. The minimum absolute atomic E-state index is 0.263. The molecule has 0 saturated carbocycles. The average Bonchev–Trinajstić information content (AvgIpc) is 2.37. The van der Waals surface area contributed by atoms with E-state index in [1.54, 1.807) is 25.1 Å². The number of hydrogen-bond acceptors (Lipinski definition) is 2. The van der Waals surface area contributed by atoms with Crippen molar-refractivity contribution in [3.05, 3.63) is 63.9 Å². The van der Waals surface area contributed by atoms with Crippen LogP contribution in [0.4, 0.5) is 4.39 Å². The van der Waals surface area contributed by atoms with Crippen LogP contribution in [0.15, 0.2) is 46.9 Å². The highest BCUT2D eigenvalue weighted by Crippen LogP contribution is 2.29. The Bertz CT molecular complexity index is 570. The molecule has 100 valence electrons. The molecule has 2 aromatic rings. The number of hydrogen-bond donors (Lipinski definition) is 1. The molecule has 0 saturated heterocycles. The molecule has 0 aliphatic heterocycles. The van der Waals surface area contributed by atoms with E-state index in [1.165, 1.54) is 12.1 Å². The molecule has 4 heteroatoms. The van der Waals surface area contributed by atoms with E-state index >= 15 is 0 Å². The number of aliphatic hydroxyl groups is 1. The first-order chi connectivity index (χ1) is 9.06. The normalized spacial score (nSPS) is 12.2. The molecule has 2 rings (SSSR count). The summed E-state index contributed by atoms with van der Waals surface area (Å²) in [5, 5.41) is 9.71. The van der Waals surface area contributed by atoms with Gasteiger partial charge in [-0.25, -0.2) is 4.39 Å². The first-order valence-corrected chi connectivity index (χ1v) is 6.70. The molecule has 2 aromatic carbocycles. The molecule has 0 bridgehead atoms. The number of aliphatic hydroxyl groups excluding tert-OH is 1. The number of ether oxygens (including phenoxy) is 1. The maximum atomic E-state index is 13.1. The lowest BCUT2D eigenvalue weighted by Gasteiger charge is -2.14. The summed E-state index contributed by atoms with van der Waals surface area (Å²) in [5.74, 6) is 0.315. The Morgan fingerprint density at radius 2 is 2.05 bits per heavy atom. The fourth-order valence-electron chi connectivity index (χ4n) is 1.77. The molecule has 1 atom stereocenters. The van der Waals surface area contributed by atoms with Gasteiger partial charge in [0.15, 0.2) is 0 Å². The standard InChI is InChI=1S/C15H14BrFO2/c1-10(18)14-8-12(16)5-6-15(14)19-9-11-3-2-4-13(17)7-11/h2-8,10,18H,9H2,1H3. The first-order valence-electron chi connectivity index (χ1n) is 5.91. The van der Waals surface area contributed by atoms with Crippen LogP contribution in [0.3, 0.4) is 0 Å². The van der Waals surface area contributed by atoms with Crippen LogP contribution in [0, 0.1) is 5.82 Å².